The molecule has 6 heteroatoms. The molecule has 0 radical (unpaired) electrons. The first-order valence-corrected chi connectivity index (χ1v) is 11.0. The third-order valence-electron chi connectivity index (χ3n) is 9.26. The number of hydrogen-bond acceptors (Lipinski definition) is 6. The zero-order valence-corrected chi connectivity index (χ0v) is 18.8. The van der Waals surface area contributed by atoms with E-state index >= 15 is 0 Å². The van der Waals surface area contributed by atoms with E-state index in [9.17, 15) is 15.0 Å². The van der Waals surface area contributed by atoms with Gasteiger partial charge in [0.1, 0.15) is 11.5 Å². The number of ketones is 1. The van der Waals surface area contributed by atoms with Crippen LogP contribution in [0.4, 0.5) is 0 Å². The van der Waals surface area contributed by atoms with Gasteiger partial charge < -0.3 is 24.4 Å². The molecule has 5 aliphatic rings. The van der Waals surface area contributed by atoms with Crippen LogP contribution >= 0.6 is 0 Å². The Morgan fingerprint density at radius 1 is 1.17 bits per heavy atom. The van der Waals surface area contributed by atoms with Gasteiger partial charge in [-0.1, -0.05) is 39.5 Å². The lowest BCUT2D eigenvalue weighted by Gasteiger charge is -2.72. The molecule has 4 aliphatic carbocycles. The van der Waals surface area contributed by atoms with Crippen molar-refractivity contribution in [3.8, 4) is 0 Å². The zero-order chi connectivity index (χ0) is 22.1. The van der Waals surface area contributed by atoms with Crippen LogP contribution in [0.15, 0.2) is 24.3 Å². The van der Waals surface area contributed by atoms with Gasteiger partial charge in [0.05, 0.1) is 12.2 Å². The molecule has 0 amide bonds. The average molecular weight is 419 g/mol. The molecule has 2 bridgehead atoms. The Hall–Kier alpha value is -1.05. The number of rotatable bonds is 1. The van der Waals surface area contributed by atoms with Crippen molar-refractivity contribution in [2.45, 2.75) is 77.3 Å². The van der Waals surface area contributed by atoms with E-state index in [0.29, 0.717) is 5.57 Å². The van der Waals surface area contributed by atoms with E-state index < -0.39 is 46.1 Å². The summed E-state index contributed by atoms with van der Waals surface area (Å²) in [5.74, 6) is -3.39. The molecule has 1 spiro atoms. The van der Waals surface area contributed by atoms with Gasteiger partial charge in [0, 0.05) is 24.4 Å². The molecular weight excluding hydrogens is 384 g/mol. The van der Waals surface area contributed by atoms with Crippen LogP contribution in [0.1, 0.15) is 47.5 Å². The third-order valence-corrected chi connectivity index (χ3v) is 9.26. The molecule has 1 saturated heterocycles. The Kier molecular flexibility index (Phi) is 3.92. The van der Waals surface area contributed by atoms with Gasteiger partial charge in [0.25, 0.3) is 0 Å². The highest BCUT2D eigenvalue weighted by molar-refractivity contribution is 6.05. The van der Waals surface area contributed by atoms with Crippen molar-refractivity contribution in [2.24, 2.45) is 34.0 Å². The van der Waals surface area contributed by atoms with Crippen LogP contribution < -0.4 is 0 Å². The van der Waals surface area contributed by atoms with Gasteiger partial charge in [0.2, 0.25) is 5.79 Å². The van der Waals surface area contributed by atoms with E-state index in [4.69, 9.17) is 14.2 Å². The fourth-order valence-electron chi connectivity index (χ4n) is 8.25. The van der Waals surface area contributed by atoms with Crippen LogP contribution in [0.3, 0.4) is 0 Å². The lowest BCUT2D eigenvalue weighted by Crippen LogP contribution is -2.83. The molecule has 166 valence electrons. The number of ether oxygens (including phenoxy) is 3. The molecular formula is C24H34O6. The molecule has 6 nitrogen and oxygen atoms in total. The largest absolute Gasteiger partial charge is 0.388 e. The summed E-state index contributed by atoms with van der Waals surface area (Å²) in [5.41, 5.74) is -1.81. The van der Waals surface area contributed by atoms with Crippen LogP contribution in [0.5, 0.6) is 0 Å². The van der Waals surface area contributed by atoms with Crippen molar-refractivity contribution in [2.75, 3.05) is 7.11 Å². The second-order valence-corrected chi connectivity index (χ2v) is 11.3. The SMILES string of the molecule is C=C1C(=O)[C@@]23[C@@H]4OC(C)(C)O[C@@]2(OC)[C@@H](O)[C@@H]2C(C)(C)[C@@H](O)C=C[C@@]2(C)[C@@H]3CC[C@@H]14. The summed E-state index contributed by atoms with van der Waals surface area (Å²) < 4.78 is 19.0. The Morgan fingerprint density at radius 3 is 2.47 bits per heavy atom. The Balaban J connectivity index is 1.86. The minimum atomic E-state index is -1.58. The number of carbonyl (C=O) groups is 1. The number of methoxy groups -OCH3 is 1. The number of hydrogen-bond donors (Lipinski definition) is 2. The van der Waals surface area contributed by atoms with Gasteiger partial charge >= 0.3 is 0 Å². The van der Waals surface area contributed by atoms with Crippen LogP contribution in [-0.2, 0) is 19.0 Å². The van der Waals surface area contributed by atoms with Crippen LogP contribution in [0, 0.1) is 34.0 Å². The number of carbonyl (C=O) groups excluding carboxylic acids is 1. The van der Waals surface area contributed by atoms with Crippen molar-refractivity contribution in [1.82, 2.24) is 0 Å². The molecule has 0 aromatic rings. The Labute approximate surface area is 178 Å². The lowest BCUT2D eigenvalue weighted by molar-refractivity contribution is -0.491. The predicted octanol–water partition coefficient (Wildman–Crippen LogP) is 2.59. The molecule has 1 aliphatic heterocycles. The van der Waals surface area contributed by atoms with Crippen molar-refractivity contribution >= 4 is 5.78 Å². The molecule has 4 fully saturated rings. The van der Waals surface area contributed by atoms with Crippen molar-refractivity contribution < 1.29 is 29.2 Å². The Bertz CT molecular complexity index is 860. The molecule has 3 saturated carbocycles. The number of aliphatic hydroxyl groups excluding tert-OH is 2. The first-order valence-electron chi connectivity index (χ1n) is 11.0. The summed E-state index contributed by atoms with van der Waals surface area (Å²) in [4.78, 5) is 14.0. The van der Waals surface area contributed by atoms with Gasteiger partial charge in [-0.25, -0.2) is 0 Å². The normalized spacial score (nSPS) is 55.2. The fourth-order valence-corrected chi connectivity index (χ4v) is 8.25. The molecule has 1 heterocycles. The summed E-state index contributed by atoms with van der Waals surface area (Å²) in [5, 5.41) is 22.9. The van der Waals surface area contributed by atoms with Crippen LogP contribution in [0.25, 0.3) is 0 Å². The van der Waals surface area contributed by atoms with E-state index in [0.717, 1.165) is 12.8 Å². The number of allylic oxidation sites excluding steroid dienone is 1. The highest BCUT2D eigenvalue weighted by Crippen LogP contribution is 2.75. The minimum absolute atomic E-state index is 0.103. The summed E-state index contributed by atoms with van der Waals surface area (Å²) in [6.45, 7) is 13.8. The van der Waals surface area contributed by atoms with Crippen LogP contribution in [-0.4, -0.2) is 53.0 Å². The average Bonchev–Trinajstić information content (AvgIpc) is 2.78. The van der Waals surface area contributed by atoms with E-state index in [-0.39, 0.29) is 23.5 Å². The van der Waals surface area contributed by atoms with Gasteiger partial charge in [-0.3, -0.25) is 4.79 Å². The zero-order valence-electron chi connectivity index (χ0n) is 18.8. The molecule has 9 atom stereocenters. The van der Waals surface area contributed by atoms with E-state index in [1.807, 2.05) is 26.0 Å². The monoisotopic (exact) mass is 418 g/mol. The van der Waals surface area contributed by atoms with Gasteiger partial charge in [-0.05, 0) is 43.6 Å². The summed E-state index contributed by atoms with van der Waals surface area (Å²) >= 11 is 0. The van der Waals surface area contributed by atoms with E-state index in [2.05, 4.69) is 13.5 Å². The first-order chi connectivity index (χ1) is 13.8. The summed E-state index contributed by atoms with van der Waals surface area (Å²) in [6, 6.07) is 0. The van der Waals surface area contributed by atoms with Crippen molar-refractivity contribution in [1.29, 1.82) is 0 Å². The first kappa shape index (κ1) is 20.8. The van der Waals surface area contributed by atoms with Gasteiger partial charge in [0.15, 0.2) is 11.6 Å². The minimum Gasteiger partial charge on any atom is -0.388 e. The van der Waals surface area contributed by atoms with Crippen molar-refractivity contribution in [3.05, 3.63) is 24.3 Å². The molecule has 0 aromatic heterocycles. The van der Waals surface area contributed by atoms with Crippen molar-refractivity contribution in [3.63, 3.8) is 0 Å². The lowest BCUT2D eigenvalue weighted by atomic mass is 9.38. The molecule has 0 unspecified atom stereocenters. The number of aliphatic hydroxyl groups is 2. The van der Waals surface area contributed by atoms with E-state index in [1.54, 1.807) is 13.8 Å². The highest BCUT2D eigenvalue weighted by Gasteiger charge is 2.85. The summed E-state index contributed by atoms with van der Waals surface area (Å²) in [7, 11) is 1.51. The molecule has 5 rings (SSSR count). The summed E-state index contributed by atoms with van der Waals surface area (Å²) in [6.07, 6.45) is 3.09. The van der Waals surface area contributed by atoms with E-state index in [1.165, 1.54) is 7.11 Å². The Morgan fingerprint density at radius 2 is 1.83 bits per heavy atom. The van der Waals surface area contributed by atoms with Gasteiger partial charge in [-0.2, -0.15) is 0 Å². The van der Waals surface area contributed by atoms with Gasteiger partial charge in [-0.15, -0.1) is 0 Å². The predicted molar refractivity (Wildman–Crippen MR) is 109 cm³/mol. The standard InChI is InChI=1S/C24H34O6/c1-12-13-8-9-14-22(6)11-10-15(25)20(2,3)16(22)18(27)24(28-7)23(14,17(12)26)19(13)29-21(4,5)30-24/h10-11,13-16,18-19,25,27H,1,8-9H2,2-7H3/t13-,14-,15-,16+,18-,19+,22-,23-,24-/m0/s1. The molecule has 2 N–H and O–H groups in total. The number of Topliss-reactive ketones (excluding diaryl/α,β-unsaturated/α-hetero) is 1. The maximum Gasteiger partial charge on any atom is 0.213 e. The maximum atomic E-state index is 14.0. The maximum absolute atomic E-state index is 14.0. The fraction of sp³-hybridized carbons (Fsp3) is 0.792. The third kappa shape index (κ3) is 1.93. The quantitative estimate of drug-likeness (QED) is 0.503. The smallest absolute Gasteiger partial charge is 0.213 e. The highest BCUT2D eigenvalue weighted by atomic mass is 16.8. The second kappa shape index (κ2) is 5.65. The molecule has 0 aromatic carbocycles. The molecule has 30 heavy (non-hydrogen) atoms. The van der Waals surface area contributed by atoms with Crippen LogP contribution in [0.2, 0.25) is 0 Å². The second-order valence-electron chi connectivity index (χ2n) is 11.3. The topological polar surface area (TPSA) is 85.2 Å². The number of fused-ring (bicyclic) bond motifs is 2.